The van der Waals surface area contributed by atoms with Crippen LogP contribution in [0.4, 0.5) is 0 Å². The molecule has 3 rings (SSSR count). The van der Waals surface area contributed by atoms with Gasteiger partial charge in [-0.05, 0) is 36.9 Å². The highest BCUT2D eigenvalue weighted by atomic mass is 16.4. The summed E-state index contributed by atoms with van der Waals surface area (Å²) in [6.07, 6.45) is 1.84. The molecule has 1 aromatic carbocycles. The minimum Gasteiger partial charge on any atom is -0.455 e. The van der Waals surface area contributed by atoms with E-state index in [0.29, 0.717) is 12.3 Å². The molecule has 0 fully saturated rings. The van der Waals surface area contributed by atoms with Crippen LogP contribution in [0.15, 0.2) is 53.1 Å². The van der Waals surface area contributed by atoms with Crippen molar-refractivity contribution in [3.8, 4) is 0 Å². The average Bonchev–Trinajstić information content (AvgIpc) is 3.03. The number of carbonyl (C=O) groups is 1. The van der Waals surface area contributed by atoms with Crippen LogP contribution in [0, 0.1) is 0 Å². The molecule has 0 bridgehead atoms. The molecule has 0 aliphatic rings. The Morgan fingerprint density at radius 3 is 2.83 bits per heavy atom. The van der Waals surface area contributed by atoms with Gasteiger partial charge in [0.25, 0.3) is 5.91 Å². The number of carbonyl (C=O) groups excluding carboxylic acids is 1. The number of nitrogens with one attached hydrogen (secondary N) is 1. The number of furan rings is 1. The highest BCUT2D eigenvalue weighted by Crippen LogP contribution is 2.18. The SMILES string of the molecule is CNC(=O)c1ccc(CN(C)Cc2ccnc3ccccc23)o1. The van der Waals surface area contributed by atoms with Gasteiger partial charge in [0.2, 0.25) is 0 Å². The van der Waals surface area contributed by atoms with E-state index in [0.717, 1.165) is 23.2 Å². The Morgan fingerprint density at radius 1 is 1.17 bits per heavy atom. The average molecular weight is 309 g/mol. The lowest BCUT2D eigenvalue weighted by Gasteiger charge is -2.16. The van der Waals surface area contributed by atoms with E-state index >= 15 is 0 Å². The summed E-state index contributed by atoms with van der Waals surface area (Å²) in [5, 5.41) is 3.71. The Hall–Kier alpha value is -2.66. The van der Waals surface area contributed by atoms with Crippen molar-refractivity contribution >= 4 is 16.8 Å². The van der Waals surface area contributed by atoms with Crippen LogP contribution in [0.2, 0.25) is 0 Å². The third-order valence-electron chi connectivity index (χ3n) is 3.72. The number of para-hydroxylation sites is 1. The van der Waals surface area contributed by atoms with Crippen molar-refractivity contribution in [1.82, 2.24) is 15.2 Å². The van der Waals surface area contributed by atoms with Crippen LogP contribution in [0.3, 0.4) is 0 Å². The number of nitrogens with zero attached hydrogens (tertiary/aromatic N) is 2. The minimum absolute atomic E-state index is 0.209. The number of amides is 1. The Labute approximate surface area is 134 Å². The van der Waals surface area contributed by atoms with Crippen LogP contribution in [0.1, 0.15) is 21.9 Å². The van der Waals surface area contributed by atoms with Gasteiger partial charge in [0.1, 0.15) is 5.76 Å². The van der Waals surface area contributed by atoms with Gasteiger partial charge in [0.05, 0.1) is 12.1 Å². The number of hydrogen-bond donors (Lipinski definition) is 1. The quantitative estimate of drug-likeness (QED) is 0.787. The fourth-order valence-electron chi connectivity index (χ4n) is 2.61. The largest absolute Gasteiger partial charge is 0.455 e. The second kappa shape index (κ2) is 6.62. The minimum atomic E-state index is -0.209. The van der Waals surface area contributed by atoms with Gasteiger partial charge >= 0.3 is 0 Å². The Morgan fingerprint density at radius 2 is 2.00 bits per heavy atom. The molecule has 3 aromatic rings. The maximum Gasteiger partial charge on any atom is 0.286 e. The van der Waals surface area contributed by atoms with Gasteiger partial charge in [-0.3, -0.25) is 14.7 Å². The highest BCUT2D eigenvalue weighted by molar-refractivity contribution is 5.91. The molecule has 5 nitrogen and oxygen atoms in total. The van der Waals surface area contributed by atoms with Crippen LogP contribution in [0.5, 0.6) is 0 Å². The number of benzene rings is 1. The van der Waals surface area contributed by atoms with E-state index in [4.69, 9.17) is 4.42 Å². The smallest absolute Gasteiger partial charge is 0.286 e. The predicted molar refractivity (Wildman–Crippen MR) is 89.0 cm³/mol. The van der Waals surface area contributed by atoms with E-state index in [1.165, 1.54) is 5.56 Å². The lowest BCUT2D eigenvalue weighted by Crippen LogP contribution is -2.18. The van der Waals surface area contributed by atoms with Gasteiger partial charge in [-0.2, -0.15) is 0 Å². The molecule has 1 amide bonds. The van der Waals surface area contributed by atoms with Crippen LogP contribution in [-0.2, 0) is 13.1 Å². The summed E-state index contributed by atoms with van der Waals surface area (Å²) in [6.45, 7) is 1.41. The molecule has 0 radical (unpaired) electrons. The molecule has 0 atom stereocenters. The normalized spacial score (nSPS) is 11.1. The number of fused-ring (bicyclic) bond motifs is 1. The summed E-state index contributed by atoms with van der Waals surface area (Å²) >= 11 is 0. The van der Waals surface area contributed by atoms with Gasteiger partial charge in [-0.25, -0.2) is 0 Å². The lowest BCUT2D eigenvalue weighted by molar-refractivity contribution is 0.0932. The second-order valence-electron chi connectivity index (χ2n) is 5.50. The zero-order chi connectivity index (χ0) is 16.2. The van der Waals surface area contributed by atoms with E-state index in [2.05, 4.69) is 21.3 Å². The van der Waals surface area contributed by atoms with Crippen LogP contribution in [0.25, 0.3) is 10.9 Å². The zero-order valence-corrected chi connectivity index (χ0v) is 13.2. The molecule has 23 heavy (non-hydrogen) atoms. The van der Waals surface area contributed by atoms with Crippen molar-refractivity contribution in [3.05, 3.63) is 65.7 Å². The third-order valence-corrected chi connectivity index (χ3v) is 3.72. The summed E-state index contributed by atoms with van der Waals surface area (Å²) < 4.78 is 5.57. The molecule has 0 saturated carbocycles. The summed E-state index contributed by atoms with van der Waals surface area (Å²) in [5.74, 6) is 0.897. The van der Waals surface area contributed by atoms with Crippen LogP contribution in [-0.4, -0.2) is 29.9 Å². The van der Waals surface area contributed by atoms with Crippen molar-refractivity contribution < 1.29 is 9.21 Å². The first-order valence-corrected chi connectivity index (χ1v) is 7.49. The summed E-state index contributed by atoms with van der Waals surface area (Å²) in [6, 6.07) is 13.7. The summed E-state index contributed by atoms with van der Waals surface area (Å²) in [5.41, 5.74) is 2.22. The Bertz CT molecular complexity index is 821. The van der Waals surface area contributed by atoms with Crippen LogP contribution < -0.4 is 5.32 Å². The molecule has 1 N–H and O–H groups in total. The molecule has 0 spiro atoms. The standard InChI is InChI=1S/C18H19N3O2/c1-19-18(22)17-8-7-14(23-17)12-21(2)11-13-9-10-20-16-6-4-3-5-15(13)16/h3-10H,11-12H2,1-2H3,(H,19,22). The van der Waals surface area contributed by atoms with Gasteiger partial charge < -0.3 is 9.73 Å². The molecule has 0 aliphatic carbocycles. The van der Waals surface area contributed by atoms with Crippen LogP contribution >= 0.6 is 0 Å². The molecule has 2 heterocycles. The first-order chi connectivity index (χ1) is 11.2. The van der Waals surface area contributed by atoms with Crippen molar-refractivity contribution in [2.75, 3.05) is 14.1 Å². The maximum atomic E-state index is 11.5. The van der Waals surface area contributed by atoms with Crippen molar-refractivity contribution in [2.45, 2.75) is 13.1 Å². The van der Waals surface area contributed by atoms with E-state index < -0.39 is 0 Å². The summed E-state index contributed by atoms with van der Waals surface area (Å²) in [4.78, 5) is 18.1. The van der Waals surface area contributed by atoms with E-state index in [1.807, 2.05) is 43.6 Å². The highest BCUT2D eigenvalue weighted by Gasteiger charge is 2.11. The third kappa shape index (κ3) is 3.40. The maximum absolute atomic E-state index is 11.5. The molecule has 5 heteroatoms. The van der Waals surface area contributed by atoms with Crippen molar-refractivity contribution in [3.63, 3.8) is 0 Å². The number of pyridine rings is 1. The van der Waals surface area contributed by atoms with Crippen molar-refractivity contribution in [1.29, 1.82) is 0 Å². The first kappa shape index (κ1) is 15.2. The second-order valence-corrected chi connectivity index (χ2v) is 5.50. The zero-order valence-electron chi connectivity index (χ0n) is 13.2. The molecule has 2 aromatic heterocycles. The molecule has 0 saturated heterocycles. The van der Waals surface area contributed by atoms with Gasteiger partial charge in [-0.15, -0.1) is 0 Å². The molecule has 0 unspecified atom stereocenters. The number of rotatable bonds is 5. The van der Waals surface area contributed by atoms with Gasteiger partial charge in [-0.1, -0.05) is 18.2 Å². The topological polar surface area (TPSA) is 58.4 Å². The van der Waals surface area contributed by atoms with Gasteiger partial charge in [0.15, 0.2) is 5.76 Å². The van der Waals surface area contributed by atoms with E-state index in [1.54, 1.807) is 13.1 Å². The Kier molecular flexibility index (Phi) is 4.39. The molecular formula is C18H19N3O2. The monoisotopic (exact) mass is 309 g/mol. The summed E-state index contributed by atoms with van der Waals surface area (Å²) in [7, 11) is 3.61. The number of hydrogen-bond acceptors (Lipinski definition) is 4. The predicted octanol–water partition coefficient (Wildman–Crippen LogP) is 2.82. The number of aromatic nitrogens is 1. The van der Waals surface area contributed by atoms with Gasteiger partial charge in [0, 0.05) is 25.2 Å². The molecule has 118 valence electrons. The first-order valence-electron chi connectivity index (χ1n) is 7.49. The van der Waals surface area contributed by atoms with E-state index in [-0.39, 0.29) is 5.91 Å². The van der Waals surface area contributed by atoms with E-state index in [9.17, 15) is 4.79 Å². The molecule has 0 aliphatic heterocycles. The van der Waals surface area contributed by atoms with Crippen molar-refractivity contribution in [2.24, 2.45) is 0 Å². The molecular weight excluding hydrogens is 290 g/mol. The lowest BCUT2D eigenvalue weighted by atomic mass is 10.1. The Balaban J connectivity index is 1.72. The fraction of sp³-hybridized carbons (Fsp3) is 0.222. The fourth-order valence-corrected chi connectivity index (χ4v) is 2.61.